The van der Waals surface area contributed by atoms with Gasteiger partial charge in [-0.05, 0) is 51.5 Å². The lowest BCUT2D eigenvalue weighted by Crippen LogP contribution is -2.41. The molecule has 1 amide bonds. The number of aliphatic hydroxyl groups is 1. The van der Waals surface area contributed by atoms with Gasteiger partial charge in [-0.3, -0.25) is 4.79 Å². The van der Waals surface area contributed by atoms with E-state index in [9.17, 15) is 9.90 Å². The van der Waals surface area contributed by atoms with E-state index in [2.05, 4.69) is 0 Å². The summed E-state index contributed by atoms with van der Waals surface area (Å²) in [6.45, 7) is 7.75. The van der Waals surface area contributed by atoms with E-state index in [0.717, 1.165) is 5.56 Å². The van der Waals surface area contributed by atoms with Crippen LogP contribution in [0.15, 0.2) is 18.2 Å². The topological polar surface area (TPSA) is 40.5 Å². The van der Waals surface area contributed by atoms with E-state index >= 15 is 0 Å². The van der Waals surface area contributed by atoms with Crippen molar-refractivity contribution in [2.45, 2.75) is 39.8 Å². The van der Waals surface area contributed by atoms with Gasteiger partial charge in [-0.1, -0.05) is 11.6 Å². The van der Waals surface area contributed by atoms with Crippen molar-refractivity contribution in [1.29, 1.82) is 0 Å². The van der Waals surface area contributed by atoms with Gasteiger partial charge in [-0.15, -0.1) is 0 Å². The molecule has 3 nitrogen and oxygen atoms in total. The van der Waals surface area contributed by atoms with E-state index in [4.69, 9.17) is 11.6 Å². The number of carbonyl (C=O) groups is 1. The highest BCUT2D eigenvalue weighted by molar-refractivity contribution is 6.31. The molecule has 0 fully saturated rings. The Morgan fingerprint density at radius 1 is 1.33 bits per heavy atom. The molecule has 0 aliphatic rings. The third-order valence-corrected chi connectivity index (χ3v) is 2.85. The van der Waals surface area contributed by atoms with Crippen molar-refractivity contribution in [2.75, 3.05) is 6.54 Å². The highest BCUT2D eigenvalue weighted by Crippen LogP contribution is 2.17. The van der Waals surface area contributed by atoms with Crippen molar-refractivity contribution < 1.29 is 9.90 Å². The molecular weight excluding hydrogens is 250 g/mol. The molecule has 0 unspecified atom stereocenters. The smallest absolute Gasteiger partial charge is 0.254 e. The summed E-state index contributed by atoms with van der Waals surface area (Å²) in [5.41, 5.74) is 1.51. The second kappa shape index (κ2) is 6.21. The van der Waals surface area contributed by atoms with E-state index in [-0.39, 0.29) is 11.9 Å². The summed E-state index contributed by atoms with van der Waals surface area (Å²) in [6.07, 6.45) is -0.545. The molecule has 1 aromatic carbocycles. The number of amides is 1. The van der Waals surface area contributed by atoms with Crippen LogP contribution in [0.3, 0.4) is 0 Å². The predicted molar refractivity (Wildman–Crippen MR) is 74.0 cm³/mol. The van der Waals surface area contributed by atoms with Gasteiger partial charge in [0.2, 0.25) is 0 Å². The minimum absolute atomic E-state index is 0.0337. The number of aryl methyl sites for hydroxylation is 1. The van der Waals surface area contributed by atoms with Crippen LogP contribution in [0.25, 0.3) is 0 Å². The van der Waals surface area contributed by atoms with Crippen LogP contribution >= 0.6 is 11.6 Å². The van der Waals surface area contributed by atoms with Crippen molar-refractivity contribution in [3.8, 4) is 0 Å². The Morgan fingerprint density at radius 3 is 2.39 bits per heavy atom. The number of rotatable bonds is 4. The molecule has 4 heteroatoms. The molecule has 1 rings (SSSR count). The highest BCUT2D eigenvalue weighted by atomic mass is 35.5. The quantitative estimate of drug-likeness (QED) is 0.913. The zero-order valence-electron chi connectivity index (χ0n) is 11.3. The Morgan fingerprint density at radius 2 is 1.94 bits per heavy atom. The predicted octanol–water partition coefficient (Wildman–Crippen LogP) is 2.88. The van der Waals surface area contributed by atoms with Gasteiger partial charge in [0.25, 0.3) is 5.91 Å². The van der Waals surface area contributed by atoms with Crippen LogP contribution < -0.4 is 0 Å². The second-order valence-electron chi connectivity index (χ2n) is 4.92. The Bertz CT molecular complexity index is 410. The molecule has 0 aromatic heterocycles. The summed E-state index contributed by atoms with van der Waals surface area (Å²) in [7, 11) is 0. The Balaban J connectivity index is 3.01. The summed E-state index contributed by atoms with van der Waals surface area (Å²) in [6, 6.07) is 5.32. The summed E-state index contributed by atoms with van der Waals surface area (Å²) < 4.78 is 0. The number of benzene rings is 1. The average Bonchev–Trinajstić information content (AvgIpc) is 2.23. The average molecular weight is 270 g/mol. The lowest BCUT2D eigenvalue weighted by Gasteiger charge is -2.28. The first kappa shape index (κ1) is 15.0. The van der Waals surface area contributed by atoms with Gasteiger partial charge in [-0.25, -0.2) is 0 Å². The van der Waals surface area contributed by atoms with Crippen molar-refractivity contribution >= 4 is 17.5 Å². The summed E-state index contributed by atoms with van der Waals surface area (Å²) in [5, 5.41) is 10.0. The van der Waals surface area contributed by atoms with Crippen LogP contribution in [0.1, 0.15) is 36.7 Å². The van der Waals surface area contributed by atoms with Crippen LogP contribution in [0, 0.1) is 6.92 Å². The molecule has 0 spiro atoms. The normalized spacial score (nSPS) is 12.6. The number of carbonyl (C=O) groups excluding carboxylic acids is 1. The largest absolute Gasteiger partial charge is 0.392 e. The van der Waals surface area contributed by atoms with Gasteiger partial charge in [0, 0.05) is 23.2 Å². The number of hydrogen-bond donors (Lipinski definition) is 1. The molecule has 0 bridgehead atoms. The van der Waals surface area contributed by atoms with E-state index in [1.807, 2.05) is 32.9 Å². The molecule has 0 radical (unpaired) electrons. The van der Waals surface area contributed by atoms with E-state index < -0.39 is 6.10 Å². The van der Waals surface area contributed by atoms with Gasteiger partial charge in [0.1, 0.15) is 0 Å². The molecule has 1 N–H and O–H groups in total. The van der Waals surface area contributed by atoms with Crippen LogP contribution in [0.2, 0.25) is 5.02 Å². The zero-order valence-corrected chi connectivity index (χ0v) is 12.0. The van der Waals surface area contributed by atoms with Gasteiger partial charge in [0.15, 0.2) is 0 Å². The zero-order chi connectivity index (χ0) is 13.9. The van der Waals surface area contributed by atoms with Gasteiger partial charge >= 0.3 is 0 Å². The van der Waals surface area contributed by atoms with Gasteiger partial charge in [-0.2, -0.15) is 0 Å². The van der Waals surface area contributed by atoms with Gasteiger partial charge in [0.05, 0.1) is 6.10 Å². The lowest BCUT2D eigenvalue weighted by molar-refractivity contribution is 0.0578. The van der Waals surface area contributed by atoms with Crippen LogP contribution in [0.5, 0.6) is 0 Å². The van der Waals surface area contributed by atoms with E-state index in [1.165, 1.54) is 0 Å². The summed E-state index contributed by atoms with van der Waals surface area (Å²) in [5.74, 6) is -0.100. The number of halogens is 1. The maximum absolute atomic E-state index is 12.4. The molecule has 100 valence electrons. The Hall–Kier alpha value is -1.06. The van der Waals surface area contributed by atoms with E-state index in [1.54, 1.807) is 17.9 Å². The standard InChI is InChI=1S/C14H20ClNO2/c1-9(2)16(8-11(4)17)14(18)12-5-10(3)6-13(15)7-12/h5-7,9,11,17H,8H2,1-4H3/t11-/m1/s1. The molecule has 0 heterocycles. The Labute approximate surface area is 113 Å². The molecule has 0 saturated carbocycles. The monoisotopic (exact) mass is 269 g/mol. The van der Waals surface area contributed by atoms with Crippen molar-refractivity contribution in [2.24, 2.45) is 0 Å². The maximum Gasteiger partial charge on any atom is 0.254 e. The number of hydrogen-bond acceptors (Lipinski definition) is 2. The summed E-state index contributed by atoms with van der Waals surface area (Å²) in [4.78, 5) is 14.0. The minimum Gasteiger partial charge on any atom is -0.392 e. The maximum atomic E-state index is 12.4. The van der Waals surface area contributed by atoms with Crippen LogP contribution in [-0.4, -0.2) is 34.6 Å². The van der Waals surface area contributed by atoms with Gasteiger partial charge < -0.3 is 10.0 Å². The molecule has 18 heavy (non-hydrogen) atoms. The first-order valence-corrected chi connectivity index (χ1v) is 6.45. The van der Waals surface area contributed by atoms with Crippen molar-refractivity contribution in [3.63, 3.8) is 0 Å². The fraction of sp³-hybridized carbons (Fsp3) is 0.500. The summed E-state index contributed by atoms with van der Waals surface area (Å²) >= 11 is 5.96. The molecule has 1 aromatic rings. The lowest BCUT2D eigenvalue weighted by atomic mass is 10.1. The minimum atomic E-state index is -0.545. The fourth-order valence-electron chi connectivity index (χ4n) is 1.84. The molecule has 0 aliphatic heterocycles. The van der Waals surface area contributed by atoms with Crippen LogP contribution in [-0.2, 0) is 0 Å². The molecule has 0 aliphatic carbocycles. The third-order valence-electron chi connectivity index (χ3n) is 2.63. The molecular formula is C14H20ClNO2. The molecule has 1 atom stereocenters. The SMILES string of the molecule is Cc1cc(Cl)cc(C(=O)N(C[C@@H](C)O)C(C)C)c1. The second-order valence-corrected chi connectivity index (χ2v) is 5.35. The Kier molecular flexibility index (Phi) is 5.17. The fourth-order valence-corrected chi connectivity index (χ4v) is 2.13. The van der Waals surface area contributed by atoms with E-state index in [0.29, 0.717) is 17.1 Å². The molecule has 0 saturated heterocycles. The highest BCUT2D eigenvalue weighted by Gasteiger charge is 2.20. The van der Waals surface area contributed by atoms with Crippen molar-refractivity contribution in [3.05, 3.63) is 34.3 Å². The number of aliphatic hydroxyl groups excluding tert-OH is 1. The first-order chi connectivity index (χ1) is 8.31. The number of nitrogens with zero attached hydrogens (tertiary/aromatic N) is 1. The van der Waals surface area contributed by atoms with Crippen molar-refractivity contribution in [1.82, 2.24) is 4.90 Å². The van der Waals surface area contributed by atoms with Crippen LogP contribution in [0.4, 0.5) is 0 Å². The third kappa shape index (κ3) is 4.00. The first-order valence-electron chi connectivity index (χ1n) is 6.07.